The van der Waals surface area contributed by atoms with Crippen LogP contribution in [0, 0.1) is 13.8 Å². The minimum atomic E-state index is -4.37. The number of thiazole rings is 1. The summed E-state index contributed by atoms with van der Waals surface area (Å²) >= 11 is 1.57. The summed E-state index contributed by atoms with van der Waals surface area (Å²) in [6.07, 6.45) is -3.56. The third kappa shape index (κ3) is 7.72. The summed E-state index contributed by atoms with van der Waals surface area (Å²) in [6, 6.07) is 21.4. The molecule has 1 unspecified atom stereocenters. The van der Waals surface area contributed by atoms with Crippen LogP contribution < -0.4 is 9.20 Å². The van der Waals surface area contributed by atoms with Gasteiger partial charge < -0.3 is 0 Å². The number of benzene rings is 3. The van der Waals surface area contributed by atoms with E-state index in [1.54, 1.807) is 18.3 Å². The second-order valence-electron chi connectivity index (χ2n) is 8.86. The second kappa shape index (κ2) is 12.8. The third-order valence-corrected chi connectivity index (χ3v) is 10.1. The molecule has 9 heteroatoms. The summed E-state index contributed by atoms with van der Waals surface area (Å²) in [7, 11) is 0. The Bertz CT molecular complexity index is 1410. The Morgan fingerprint density at radius 3 is 2.38 bits per heavy atom. The maximum atomic E-state index is 13.0. The van der Waals surface area contributed by atoms with Crippen molar-refractivity contribution in [3.63, 3.8) is 0 Å². The first-order valence-corrected chi connectivity index (χ1v) is 15.0. The molecule has 39 heavy (non-hydrogen) atoms. The van der Waals surface area contributed by atoms with Crippen molar-refractivity contribution in [3.05, 3.63) is 100 Å². The second-order valence-corrected chi connectivity index (χ2v) is 12.6. The van der Waals surface area contributed by atoms with Gasteiger partial charge in [0.2, 0.25) is 0 Å². The average Bonchev–Trinajstić information content (AvgIpc) is 3.29. The van der Waals surface area contributed by atoms with E-state index in [0.29, 0.717) is 22.9 Å². The zero-order valence-corrected chi connectivity index (χ0v) is 24.3. The fourth-order valence-electron chi connectivity index (χ4n) is 4.01. The maximum absolute atomic E-state index is 13.0. The molecule has 0 fully saturated rings. The van der Waals surface area contributed by atoms with Crippen LogP contribution in [-0.2, 0) is 22.1 Å². The van der Waals surface area contributed by atoms with E-state index in [-0.39, 0.29) is 26.4 Å². The first-order valence-electron chi connectivity index (χ1n) is 12.4. The van der Waals surface area contributed by atoms with Crippen molar-refractivity contribution in [1.82, 2.24) is 4.98 Å². The van der Waals surface area contributed by atoms with Gasteiger partial charge in [0, 0.05) is 0 Å². The molecule has 0 amide bonds. The Morgan fingerprint density at radius 1 is 1.03 bits per heavy atom. The molecule has 4 nitrogen and oxygen atoms in total. The summed E-state index contributed by atoms with van der Waals surface area (Å²) in [5.41, 5.74) is 3.04. The van der Waals surface area contributed by atoms with Gasteiger partial charge in [-0.2, -0.15) is 0 Å². The van der Waals surface area contributed by atoms with Crippen molar-refractivity contribution in [2.45, 2.75) is 38.2 Å². The number of esters is 1. The predicted octanol–water partition coefficient (Wildman–Crippen LogP) is 6.70. The van der Waals surface area contributed by atoms with Gasteiger partial charge in [-0.05, 0) is 0 Å². The van der Waals surface area contributed by atoms with Crippen LogP contribution in [0.2, 0.25) is 0 Å². The monoisotopic (exact) mass is 619 g/mol. The number of carbonyl (C=O) groups excluding carboxylic acids is 1. The van der Waals surface area contributed by atoms with Gasteiger partial charge in [0.05, 0.1) is 0 Å². The first kappa shape index (κ1) is 28.9. The molecule has 0 bridgehead atoms. The van der Waals surface area contributed by atoms with Crippen molar-refractivity contribution < 1.29 is 27.4 Å². The SMILES string of the molecule is CCOC(=O)COc1ccc([Se]C(Cc2ccccc2)c2sc(-c3ccc(C(F)(F)F)cc3)nc2C)cc1C. The number of hydrogen-bond acceptors (Lipinski definition) is 5. The molecular formula is C30H28F3NO3SSe. The normalized spacial score (nSPS) is 12.3. The summed E-state index contributed by atoms with van der Waals surface area (Å²) < 4.78 is 50.9. The number of rotatable bonds is 10. The Balaban J connectivity index is 1.59. The van der Waals surface area contributed by atoms with Crippen molar-refractivity contribution in [2.24, 2.45) is 0 Å². The van der Waals surface area contributed by atoms with Crippen LogP contribution in [0.4, 0.5) is 13.2 Å². The van der Waals surface area contributed by atoms with Crippen molar-refractivity contribution in [3.8, 4) is 16.3 Å². The van der Waals surface area contributed by atoms with E-state index in [9.17, 15) is 18.0 Å². The van der Waals surface area contributed by atoms with Crippen molar-refractivity contribution >= 4 is 36.7 Å². The number of halogens is 3. The Morgan fingerprint density at radius 2 is 1.74 bits per heavy atom. The van der Waals surface area contributed by atoms with E-state index in [1.165, 1.54) is 22.2 Å². The molecule has 204 valence electrons. The van der Waals surface area contributed by atoms with Gasteiger partial charge >= 0.3 is 237 Å². The van der Waals surface area contributed by atoms with Gasteiger partial charge in [-0.15, -0.1) is 0 Å². The zero-order chi connectivity index (χ0) is 28.0. The number of alkyl halides is 3. The standard InChI is InChI=1S/C30H28F3NO3SSe/c1-4-36-27(35)18-37-25-15-14-24(16-19(25)2)39-26(17-21-8-6-5-7-9-21)28-20(3)34-29(38-28)22-10-12-23(13-11-22)30(31,32)33/h5-16,26H,4,17-18H2,1-3H3. The van der Waals surface area contributed by atoms with Gasteiger partial charge in [-0.3, -0.25) is 0 Å². The summed E-state index contributed by atoms with van der Waals surface area (Å²) in [5.74, 6) is 0.235. The third-order valence-electron chi connectivity index (χ3n) is 5.92. The van der Waals surface area contributed by atoms with Crippen LogP contribution in [0.25, 0.3) is 10.6 Å². The first-order chi connectivity index (χ1) is 18.6. The molecule has 0 N–H and O–H groups in total. The van der Waals surface area contributed by atoms with Crippen LogP contribution in [0.5, 0.6) is 5.75 Å². The number of aromatic nitrogens is 1. The molecule has 0 saturated heterocycles. The topological polar surface area (TPSA) is 48.4 Å². The molecule has 4 aromatic rings. The molecule has 0 saturated carbocycles. The zero-order valence-electron chi connectivity index (χ0n) is 21.7. The van der Waals surface area contributed by atoms with E-state index in [1.807, 2.05) is 44.2 Å². The molecule has 0 aliphatic heterocycles. The molecule has 1 atom stereocenters. The molecule has 0 radical (unpaired) electrons. The number of aryl methyl sites for hydroxylation is 2. The number of hydrogen-bond donors (Lipinski definition) is 0. The van der Waals surface area contributed by atoms with E-state index in [0.717, 1.165) is 34.7 Å². The van der Waals surface area contributed by atoms with Gasteiger partial charge in [0.25, 0.3) is 0 Å². The van der Waals surface area contributed by atoms with E-state index in [4.69, 9.17) is 14.5 Å². The Labute approximate surface area is 236 Å². The predicted molar refractivity (Wildman–Crippen MR) is 149 cm³/mol. The quantitative estimate of drug-likeness (QED) is 0.147. The average molecular weight is 619 g/mol. The summed E-state index contributed by atoms with van der Waals surface area (Å²) in [4.78, 5) is 17.7. The van der Waals surface area contributed by atoms with Crippen LogP contribution in [0.15, 0.2) is 72.8 Å². The van der Waals surface area contributed by atoms with Gasteiger partial charge in [0.15, 0.2) is 0 Å². The van der Waals surface area contributed by atoms with Crippen LogP contribution in [0.1, 0.15) is 39.0 Å². The van der Waals surface area contributed by atoms with E-state index >= 15 is 0 Å². The molecule has 0 spiro atoms. The van der Waals surface area contributed by atoms with Gasteiger partial charge in [0.1, 0.15) is 0 Å². The summed E-state index contributed by atoms with van der Waals surface area (Å²) in [6.45, 7) is 5.84. The number of carbonyl (C=O) groups is 1. The Hall–Kier alpha value is -3.13. The number of nitrogens with zero attached hydrogens (tertiary/aromatic N) is 1. The van der Waals surface area contributed by atoms with E-state index in [2.05, 4.69) is 18.2 Å². The molecule has 0 aliphatic carbocycles. The van der Waals surface area contributed by atoms with Crippen molar-refractivity contribution in [2.75, 3.05) is 13.2 Å². The van der Waals surface area contributed by atoms with E-state index < -0.39 is 17.7 Å². The molecule has 1 aromatic heterocycles. The minimum absolute atomic E-state index is 0.0228. The molecule has 3 aromatic carbocycles. The number of ether oxygens (including phenoxy) is 2. The summed E-state index contributed by atoms with van der Waals surface area (Å²) in [5, 5.41) is 0.712. The fourth-order valence-corrected chi connectivity index (χ4v) is 8.29. The molecule has 0 aliphatic rings. The molecular weight excluding hydrogens is 590 g/mol. The van der Waals surface area contributed by atoms with Crippen LogP contribution >= 0.6 is 11.3 Å². The molecule has 1 heterocycles. The van der Waals surface area contributed by atoms with Gasteiger partial charge in [-0.25, -0.2) is 0 Å². The Kier molecular flexibility index (Phi) is 9.49. The fraction of sp³-hybridized carbons (Fsp3) is 0.267. The van der Waals surface area contributed by atoms with Crippen LogP contribution in [0.3, 0.4) is 0 Å². The van der Waals surface area contributed by atoms with Gasteiger partial charge in [-0.1, -0.05) is 0 Å². The molecule has 4 rings (SSSR count). The van der Waals surface area contributed by atoms with Crippen LogP contribution in [-0.4, -0.2) is 39.1 Å². The van der Waals surface area contributed by atoms with Crippen molar-refractivity contribution in [1.29, 1.82) is 0 Å².